The Kier molecular flexibility index (Phi) is 3.24. The summed E-state index contributed by atoms with van der Waals surface area (Å²) in [6.45, 7) is 6.06. The zero-order valence-electron chi connectivity index (χ0n) is 8.12. The van der Waals surface area contributed by atoms with Gasteiger partial charge in [-0.2, -0.15) is 0 Å². The van der Waals surface area contributed by atoms with Crippen molar-refractivity contribution in [3.8, 4) is 0 Å². The highest BCUT2D eigenvalue weighted by Gasteiger charge is 2.34. The van der Waals surface area contributed by atoms with Crippen molar-refractivity contribution in [1.82, 2.24) is 0 Å². The van der Waals surface area contributed by atoms with Gasteiger partial charge in [0.1, 0.15) is 0 Å². The van der Waals surface area contributed by atoms with Gasteiger partial charge in [-0.15, -0.1) is 0 Å². The average Bonchev–Trinajstić information content (AvgIpc) is 2.04. The van der Waals surface area contributed by atoms with Crippen molar-refractivity contribution in [2.75, 3.05) is 0 Å². The molecule has 0 radical (unpaired) electrons. The summed E-state index contributed by atoms with van der Waals surface area (Å²) in [6, 6.07) is 9.71. The first-order valence-electron chi connectivity index (χ1n) is 4.21. The van der Waals surface area contributed by atoms with Gasteiger partial charge in [0, 0.05) is 10.5 Å². The summed E-state index contributed by atoms with van der Waals surface area (Å²) in [7, 11) is 0. The summed E-state index contributed by atoms with van der Waals surface area (Å²) < 4.78 is 12.4. The Balaban J connectivity index is 3.17. The van der Waals surface area contributed by atoms with Crippen LogP contribution in [0.1, 0.15) is 20.8 Å². The molecule has 1 atom stereocenters. The number of halogens is 1. The quantitative estimate of drug-likeness (QED) is 0.569. The van der Waals surface area contributed by atoms with Crippen LogP contribution in [0.4, 0.5) is 0 Å². The van der Waals surface area contributed by atoms with Crippen molar-refractivity contribution >= 4 is 32.1 Å². The van der Waals surface area contributed by atoms with Crippen LogP contribution in [-0.2, 0) is 4.57 Å². The summed E-state index contributed by atoms with van der Waals surface area (Å²) in [4.78, 5) is -2.26. The first-order valence-corrected chi connectivity index (χ1v) is 8.70. The van der Waals surface area contributed by atoms with Gasteiger partial charge in [0.15, 0.2) is 4.78 Å². The Labute approximate surface area is 92.8 Å². The minimum Gasteiger partial charge on any atom is -0.307 e. The molecule has 0 unspecified atom stereocenters. The second kappa shape index (κ2) is 3.74. The first-order chi connectivity index (χ1) is 5.86. The second-order valence-corrected chi connectivity index (χ2v) is 11.0. The maximum Gasteiger partial charge on any atom is 0.175 e. The van der Waals surface area contributed by atoms with Gasteiger partial charge in [0.05, 0.1) is 0 Å². The van der Waals surface area contributed by atoms with Crippen LogP contribution < -0.4 is 5.30 Å². The van der Waals surface area contributed by atoms with Crippen molar-refractivity contribution in [2.24, 2.45) is 0 Å². The van der Waals surface area contributed by atoms with Gasteiger partial charge in [-0.05, 0) is 22.0 Å². The predicted octanol–water partition coefficient (Wildman–Crippen LogP) is 3.82. The minimum absolute atomic E-state index is 0.158. The van der Waals surface area contributed by atoms with E-state index >= 15 is 0 Å². The van der Waals surface area contributed by atoms with E-state index in [0.717, 1.165) is 5.30 Å². The molecule has 1 aromatic rings. The van der Waals surface area contributed by atoms with E-state index in [1.165, 1.54) is 0 Å². The lowest BCUT2D eigenvalue weighted by Crippen LogP contribution is -2.18. The Morgan fingerprint density at radius 1 is 1.15 bits per heavy atom. The van der Waals surface area contributed by atoms with Gasteiger partial charge in [-0.1, -0.05) is 51.1 Å². The van der Waals surface area contributed by atoms with Crippen LogP contribution in [0, 0.1) is 0 Å². The van der Waals surface area contributed by atoms with E-state index < -0.39 is 4.78 Å². The van der Waals surface area contributed by atoms with E-state index in [4.69, 9.17) is 0 Å². The Morgan fingerprint density at radius 3 is 2.00 bits per heavy atom. The SMILES string of the molecule is CC(C)(C)[P@@](=O)(I)c1ccccc1. The summed E-state index contributed by atoms with van der Waals surface area (Å²) >= 11 is 2.10. The largest absolute Gasteiger partial charge is 0.307 e. The minimum atomic E-state index is -2.26. The monoisotopic (exact) mass is 308 g/mol. The fourth-order valence-electron chi connectivity index (χ4n) is 1.01. The van der Waals surface area contributed by atoms with Crippen LogP contribution in [0.15, 0.2) is 30.3 Å². The third kappa shape index (κ3) is 2.35. The summed E-state index contributed by atoms with van der Waals surface area (Å²) in [6.07, 6.45) is 0. The van der Waals surface area contributed by atoms with E-state index in [2.05, 4.69) is 22.0 Å². The topological polar surface area (TPSA) is 17.1 Å². The molecule has 1 aromatic carbocycles. The van der Waals surface area contributed by atoms with Gasteiger partial charge < -0.3 is 4.57 Å². The zero-order valence-corrected chi connectivity index (χ0v) is 11.2. The molecule has 72 valence electrons. The maximum atomic E-state index is 12.4. The fraction of sp³-hybridized carbons (Fsp3) is 0.400. The van der Waals surface area contributed by atoms with Crippen LogP contribution in [0.3, 0.4) is 0 Å². The lowest BCUT2D eigenvalue weighted by Gasteiger charge is -2.26. The molecule has 13 heavy (non-hydrogen) atoms. The third-order valence-electron chi connectivity index (χ3n) is 1.95. The van der Waals surface area contributed by atoms with Crippen molar-refractivity contribution in [1.29, 1.82) is 0 Å². The van der Waals surface area contributed by atoms with Crippen LogP contribution >= 0.6 is 26.8 Å². The number of hydrogen-bond donors (Lipinski definition) is 0. The van der Waals surface area contributed by atoms with Crippen LogP contribution in [0.25, 0.3) is 0 Å². The smallest absolute Gasteiger partial charge is 0.175 e. The highest BCUT2D eigenvalue weighted by atomic mass is 127. The van der Waals surface area contributed by atoms with E-state index in [-0.39, 0.29) is 5.16 Å². The molecule has 0 aliphatic heterocycles. The van der Waals surface area contributed by atoms with E-state index in [0.29, 0.717) is 0 Å². The molecule has 0 bridgehead atoms. The van der Waals surface area contributed by atoms with E-state index in [1.54, 1.807) is 0 Å². The highest BCUT2D eigenvalue weighted by molar-refractivity contribution is 14.2. The lowest BCUT2D eigenvalue weighted by atomic mass is 10.3. The van der Waals surface area contributed by atoms with Crippen molar-refractivity contribution < 1.29 is 4.57 Å². The van der Waals surface area contributed by atoms with E-state index in [1.807, 2.05) is 51.1 Å². The van der Waals surface area contributed by atoms with Crippen molar-refractivity contribution in [3.63, 3.8) is 0 Å². The second-order valence-electron chi connectivity index (χ2n) is 4.04. The summed E-state index contributed by atoms with van der Waals surface area (Å²) in [5.74, 6) is 0. The molecule has 1 rings (SSSR count). The van der Waals surface area contributed by atoms with Crippen molar-refractivity contribution in [2.45, 2.75) is 25.9 Å². The molecule has 0 heterocycles. The molecule has 0 saturated heterocycles. The summed E-state index contributed by atoms with van der Waals surface area (Å²) in [5.41, 5.74) is 0. The molecule has 0 aliphatic rings. The lowest BCUT2D eigenvalue weighted by molar-refractivity contribution is 0.570. The molecule has 0 N–H and O–H groups in total. The fourth-order valence-corrected chi connectivity index (χ4v) is 3.30. The molecule has 3 heteroatoms. The molecule has 0 saturated carbocycles. The Bertz CT molecular complexity index is 327. The first kappa shape index (κ1) is 11.3. The van der Waals surface area contributed by atoms with Gasteiger partial charge in [0.2, 0.25) is 0 Å². The van der Waals surface area contributed by atoms with Gasteiger partial charge in [0.25, 0.3) is 0 Å². The number of benzene rings is 1. The molecular weight excluding hydrogens is 294 g/mol. The van der Waals surface area contributed by atoms with E-state index in [9.17, 15) is 4.57 Å². The van der Waals surface area contributed by atoms with Gasteiger partial charge >= 0.3 is 0 Å². The van der Waals surface area contributed by atoms with Crippen LogP contribution in [0.5, 0.6) is 0 Å². The average molecular weight is 308 g/mol. The Morgan fingerprint density at radius 2 is 1.62 bits per heavy atom. The molecule has 0 spiro atoms. The molecule has 1 nitrogen and oxygen atoms in total. The molecule has 0 aromatic heterocycles. The summed E-state index contributed by atoms with van der Waals surface area (Å²) in [5, 5.41) is 0.803. The standard InChI is InChI=1S/C10H14IOP/c1-10(2,3)13(11,12)9-7-5-4-6-8-9/h4-8H,1-3H3/t13-/m1/s1. The molecule has 0 aliphatic carbocycles. The molecule has 0 fully saturated rings. The van der Waals surface area contributed by atoms with Crippen LogP contribution in [0.2, 0.25) is 0 Å². The van der Waals surface area contributed by atoms with Gasteiger partial charge in [-0.3, -0.25) is 0 Å². The predicted molar refractivity (Wildman–Crippen MR) is 67.5 cm³/mol. The molecular formula is C10H14IOP. The molecule has 0 amide bonds. The zero-order chi connectivity index (χ0) is 10.1. The highest BCUT2D eigenvalue weighted by Crippen LogP contribution is 2.63. The Hall–Kier alpha value is 0.180. The number of rotatable bonds is 1. The third-order valence-corrected chi connectivity index (χ3v) is 10.7. The maximum absolute atomic E-state index is 12.4. The number of hydrogen-bond acceptors (Lipinski definition) is 1. The normalized spacial score (nSPS) is 16.6. The van der Waals surface area contributed by atoms with Gasteiger partial charge in [-0.25, -0.2) is 0 Å². The van der Waals surface area contributed by atoms with Crippen LogP contribution in [-0.4, -0.2) is 5.16 Å². The van der Waals surface area contributed by atoms with Crippen molar-refractivity contribution in [3.05, 3.63) is 30.3 Å².